The molecule has 0 aromatic heterocycles. The van der Waals surface area contributed by atoms with Gasteiger partial charge in [-0.15, -0.1) is 0 Å². The van der Waals surface area contributed by atoms with E-state index in [-0.39, 0.29) is 23.9 Å². The Morgan fingerprint density at radius 3 is 2.40 bits per heavy atom. The van der Waals surface area contributed by atoms with Crippen molar-refractivity contribution >= 4 is 11.8 Å². The molecule has 20 heavy (non-hydrogen) atoms. The fraction of sp³-hybridized carbons (Fsp3) is 0.867. The van der Waals surface area contributed by atoms with Crippen molar-refractivity contribution in [3.05, 3.63) is 0 Å². The molecule has 0 aromatic rings. The predicted octanol–water partition coefficient (Wildman–Crippen LogP) is 1.14. The largest absolute Gasteiger partial charge is 0.350 e. The van der Waals surface area contributed by atoms with Gasteiger partial charge in [0.15, 0.2) is 0 Å². The van der Waals surface area contributed by atoms with Gasteiger partial charge in [-0.2, -0.15) is 0 Å². The van der Waals surface area contributed by atoms with Crippen molar-refractivity contribution in [2.24, 2.45) is 5.92 Å². The Balaban J connectivity index is 2.26. The average molecular weight is 283 g/mol. The number of likely N-dealkylation sites (N-methyl/N-ethyl adjacent to an activating group) is 1. The highest BCUT2D eigenvalue weighted by Crippen LogP contribution is 2.18. The van der Waals surface area contributed by atoms with E-state index >= 15 is 0 Å². The van der Waals surface area contributed by atoms with E-state index in [1.807, 2.05) is 20.8 Å². The summed E-state index contributed by atoms with van der Waals surface area (Å²) < 4.78 is 0. The number of amides is 2. The zero-order chi connectivity index (χ0) is 15.2. The van der Waals surface area contributed by atoms with Gasteiger partial charge in [-0.25, -0.2) is 0 Å². The number of hydrogen-bond acceptors (Lipinski definition) is 3. The van der Waals surface area contributed by atoms with Crippen LogP contribution in [0.3, 0.4) is 0 Å². The molecule has 1 aliphatic heterocycles. The van der Waals surface area contributed by atoms with E-state index in [9.17, 15) is 9.59 Å². The lowest BCUT2D eigenvalue weighted by Crippen LogP contribution is -2.46. The molecule has 0 saturated carbocycles. The van der Waals surface area contributed by atoms with Gasteiger partial charge < -0.3 is 15.5 Å². The summed E-state index contributed by atoms with van der Waals surface area (Å²) in [6.45, 7) is 8.06. The first kappa shape index (κ1) is 17.0. The molecule has 2 amide bonds. The highest BCUT2D eigenvalue weighted by molar-refractivity contribution is 5.84. The summed E-state index contributed by atoms with van der Waals surface area (Å²) in [6, 6.07) is 0. The van der Waals surface area contributed by atoms with Crippen LogP contribution in [0.25, 0.3) is 0 Å². The second kappa shape index (κ2) is 7.62. The quantitative estimate of drug-likeness (QED) is 0.795. The van der Waals surface area contributed by atoms with Gasteiger partial charge in [-0.3, -0.25) is 9.59 Å². The molecule has 0 aliphatic carbocycles. The summed E-state index contributed by atoms with van der Waals surface area (Å²) in [5.41, 5.74) is -0.254. The lowest BCUT2D eigenvalue weighted by atomic mass is 9.93. The third kappa shape index (κ3) is 6.89. The second-order valence-corrected chi connectivity index (χ2v) is 6.78. The summed E-state index contributed by atoms with van der Waals surface area (Å²) in [4.78, 5) is 25.3. The van der Waals surface area contributed by atoms with Gasteiger partial charge in [0, 0.05) is 19.0 Å². The Hall–Kier alpha value is -1.10. The van der Waals surface area contributed by atoms with Crippen LogP contribution in [-0.2, 0) is 9.59 Å². The summed E-state index contributed by atoms with van der Waals surface area (Å²) in [6.07, 6.45) is 3.79. The van der Waals surface area contributed by atoms with Crippen LogP contribution in [0.1, 0.15) is 46.5 Å². The molecule has 1 heterocycles. The summed E-state index contributed by atoms with van der Waals surface area (Å²) in [5, 5.41) is 6.19. The normalized spacial score (nSPS) is 16.8. The van der Waals surface area contributed by atoms with Crippen molar-refractivity contribution in [1.82, 2.24) is 15.5 Å². The lowest BCUT2D eigenvalue weighted by Gasteiger charge is -2.25. The number of nitrogens with one attached hydrogen (secondary N) is 2. The number of rotatable bonds is 5. The molecule has 0 unspecified atom stereocenters. The molecule has 0 aromatic carbocycles. The molecule has 1 rings (SSSR count). The Bertz CT molecular complexity index is 331. The molecular weight excluding hydrogens is 254 g/mol. The first-order valence-corrected chi connectivity index (χ1v) is 7.53. The van der Waals surface area contributed by atoms with Gasteiger partial charge >= 0.3 is 0 Å². The summed E-state index contributed by atoms with van der Waals surface area (Å²) >= 11 is 0. The SMILES string of the molecule is CN(CC(=O)NC(C)(C)C)C(=O)CCC1CCNCC1. The van der Waals surface area contributed by atoms with Crippen LogP contribution in [0.5, 0.6) is 0 Å². The highest BCUT2D eigenvalue weighted by Gasteiger charge is 2.19. The van der Waals surface area contributed by atoms with Gasteiger partial charge in [-0.05, 0) is 59.0 Å². The molecule has 0 radical (unpaired) electrons. The van der Waals surface area contributed by atoms with Crippen LogP contribution in [0.15, 0.2) is 0 Å². The monoisotopic (exact) mass is 283 g/mol. The number of nitrogens with zero attached hydrogens (tertiary/aromatic N) is 1. The van der Waals surface area contributed by atoms with Crippen molar-refractivity contribution < 1.29 is 9.59 Å². The summed E-state index contributed by atoms with van der Waals surface area (Å²) in [7, 11) is 1.70. The molecule has 0 spiro atoms. The third-order valence-electron chi connectivity index (χ3n) is 3.55. The first-order valence-electron chi connectivity index (χ1n) is 7.53. The lowest BCUT2D eigenvalue weighted by molar-refractivity contribution is -0.135. The minimum absolute atomic E-state index is 0.0626. The Kier molecular flexibility index (Phi) is 6.46. The van der Waals surface area contributed by atoms with Crippen LogP contribution in [0, 0.1) is 5.92 Å². The van der Waals surface area contributed by atoms with Crippen molar-refractivity contribution in [2.75, 3.05) is 26.7 Å². The summed E-state index contributed by atoms with van der Waals surface area (Å²) in [5.74, 6) is 0.611. The molecule has 1 fully saturated rings. The van der Waals surface area contributed by atoms with Gasteiger partial charge in [0.2, 0.25) is 11.8 Å². The van der Waals surface area contributed by atoms with Gasteiger partial charge in [0.1, 0.15) is 0 Å². The van der Waals surface area contributed by atoms with E-state index < -0.39 is 0 Å². The van der Waals surface area contributed by atoms with Gasteiger partial charge in [-0.1, -0.05) is 0 Å². The van der Waals surface area contributed by atoms with Crippen molar-refractivity contribution in [3.8, 4) is 0 Å². The maximum atomic E-state index is 12.0. The minimum Gasteiger partial charge on any atom is -0.350 e. The standard InChI is InChI=1S/C15H29N3O2/c1-15(2,3)17-13(19)11-18(4)14(20)6-5-12-7-9-16-10-8-12/h12,16H,5-11H2,1-4H3,(H,17,19). The van der Waals surface area contributed by atoms with E-state index in [0.29, 0.717) is 12.3 Å². The van der Waals surface area contributed by atoms with E-state index in [2.05, 4.69) is 10.6 Å². The molecule has 1 aliphatic rings. The smallest absolute Gasteiger partial charge is 0.240 e. The molecule has 0 bridgehead atoms. The maximum absolute atomic E-state index is 12.0. The molecule has 5 nitrogen and oxygen atoms in total. The van der Waals surface area contributed by atoms with E-state index in [4.69, 9.17) is 0 Å². The zero-order valence-electron chi connectivity index (χ0n) is 13.3. The Morgan fingerprint density at radius 2 is 1.85 bits per heavy atom. The number of piperidine rings is 1. The fourth-order valence-electron chi connectivity index (χ4n) is 2.45. The molecule has 1 saturated heterocycles. The minimum atomic E-state index is -0.254. The predicted molar refractivity (Wildman–Crippen MR) is 80.4 cm³/mol. The van der Waals surface area contributed by atoms with Crippen molar-refractivity contribution in [2.45, 2.75) is 52.0 Å². The Labute approximate surface area is 122 Å². The molecule has 0 atom stereocenters. The number of hydrogen-bond donors (Lipinski definition) is 2. The van der Waals surface area contributed by atoms with E-state index in [0.717, 1.165) is 32.4 Å². The van der Waals surface area contributed by atoms with Crippen LogP contribution in [0.2, 0.25) is 0 Å². The second-order valence-electron chi connectivity index (χ2n) is 6.78. The van der Waals surface area contributed by atoms with Crippen molar-refractivity contribution in [1.29, 1.82) is 0 Å². The number of carbonyl (C=O) groups excluding carboxylic acids is 2. The molecular formula is C15H29N3O2. The Morgan fingerprint density at radius 1 is 1.25 bits per heavy atom. The zero-order valence-corrected chi connectivity index (χ0v) is 13.3. The maximum Gasteiger partial charge on any atom is 0.240 e. The molecule has 116 valence electrons. The van der Waals surface area contributed by atoms with Crippen LogP contribution in [0.4, 0.5) is 0 Å². The van der Waals surface area contributed by atoms with E-state index in [1.165, 1.54) is 4.90 Å². The average Bonchev–Trinajstić information content (AvgIpc) is 2.34. The van der Waals surface area contributed by atoms with Crippen molar-refractivity contribution in [3.63, 3.8) is 0 Å². The molecule has 2 N–H and O–H groups in total. The van der Waals surface area contributed by atoms with Gasteiger partial charge in [0.05, 0.1) is 6.54 Å². The van der Waals surface area contributed by atoms with E-state index in [1.54, 1.807) is 7.05 Å². The topological polar surface area (TPSA) is 61.4 Å². The number of carbonyl (C=O) groups is 2. The van der Waals surface area contributed by atoms with Crippen LogP contribution >= 0.6 is 0 Å². The third-order valence-corrected chi connectivity index (χ3v) is 3.55. The van der Waals surface area contributed by atoms with Crippen LogP contribution in [-0.4, -0.2) is 48.9 Å². The van der Waals surface area contributed by atoms with Gasteiger partial charge in [0.25, 0.3) is 0 Å². The molecule has 5 heteroatoms. The first-order chi connectivity index (χ1) is 9.28. The highest BCUT2D eigenvalue weighted by atomic mass is 16.2. The van der Waals surface area contributed by atoms with Crippen LogP contribution < -0.4 is 10.6 Å². The fourth-order valence-corrected chi connectivity index (χ4v) is 2.45.